The van der Waals surface area contributed by atoms with Gasteiger partial charge in [0.05, 0.1) is 10.5 Å². The molecule has 2 N–H and O–H groups in total. The molecule has 0 aromatic heterocycles. The SMILES string of the molecule is Cc1ccc(S(=O)(=O)NCCc2ccc(OCc3ccccc3)cc2)cc1C(=O)O. The minimum Gasteiger partial charge on any atom is -0.489 e. The van der Waals surface area contributed by atoms with Crippen molar-refractivity contribution in [1.82, 2.24) is 4.72 Å². The number of rotatable bonds is 9. The average Bonchev–Trinajstić information content (AvgIpc) is 2.74. The molecule has 0 unspecified atom stereocenters. The molecule has 6 nitrogen and oxygen atoms in total. The van der Waals surface area contributed by atoms with Crippen LogP contribution in [0.1, 0.15) is 27.0 Å². The van der Waals surface area contributed by atoms with E-state index in [4.69, 9.17) is 4.74 Å². The Morgan fingerprint density at radius 2 is 1.67 bits per heavy atom. The van der Waals surface area contributed by atoms with Crippen LogP contribution in [0.4, 0.5) is 0 Å². The van der Waals surface area contributed by atoms with E-state index in [9.17, 15) is 18.3 Å². The van der Waals surface area contributed by atoms with Crippen LogP contribution in [0.3, 0.4) is 0 Å². The van der Waals surface area contributed by atoms with E-state index < -0.39 is 16.0 Å². The molecule has 0 saturated heterocycles. The van der Waals surface area contributed by atoms with Gasteiger partial charge in [0.15, 0.2) is 0 Å². The number of hydrogen-bond donors (Lipinski definition) is 2. The second-order valence-corrected chi connectivity index (χ2v) is 8.61. The highest BCUT2D eigenvalue weighted by Gasteiger charge is 2.17. The lowest BCUT2D eigenvalue weighted by Crippen LogP contribution is -2.26. The summed E-state index contributed by atoms with van der Waals surface area (Å²) in [7, 11) is -3.79. The molecule has 0 atom stereocenters. The van der Waals surface area contributed by atoms with Crippen molar-refractivity contribution in [1.29, 1.82) is 0 Å². The summed E-state index contributed by atoms with van der Waals surface area (Å²) in [6.07, 6.45) is 0.496. The van der Waals surface area contributed by atoms with Gasteiger partial charge >= 0.3 is 5.97 Å². The Morgan fingerprint density at radius 3 is 2.33 bits per heavy atom. The van der Waals surface area contributed by atoms with Gasteiger partial charge in [-0.05, 0) is 54.3 Å². The van der Waals surface area contributed by atoms with Crippen molar-refractivity contribution >= 4 is 16.0 Å². The van der Waals surface area contributed by atoms with Crippen LogP contribution in [-0.2, 0) is 23.1 Å². The van der Waals surface area contributed by atoms with Gasteiger partial charge in [-0.25, -0.2) is 17.9 Å². The first kappa shape index (κ1) is 21.5. The lowest BCUT2D eigenvalue weighted by atomic mass is 10.1. The van der Waals surface area contributed by atoms with Crippen molar-refractivity contribution in [2.24, 2.45) is 0 Å². The molecule has 0 amide bonds. The zero-order chi connectivity index (χ0) is 21.6. The van der Waals surface area contributed by atoms with Crippen LogP contribution in [0.15, 0.2) is 77.7 Å². The molecular weight excluding hydrogens is 402 g/mol. The Morgan fingerprint density at radius 1 is 0.967 bits per heavy atom. The molecule has 0 heterocycles. The predicted octanol–water partition coefficient (Wildman–Crippen LogP) is 3.79. The normalized spacial score (nSPS) is 11.2. The fourth-order valence-electron chi connectivity index (χ4n) is 2.90. The van der Waals surface area contributed by atoms with Gasteiger partial charge in [-0.1, -0.05) is 48.5 Å². The van der Waals surface area contributed by atoms with Crippen LogP contribution < -0.4 is 9.46 Å². The van der Waals surface area contributed by atoms with Crippen molar-refractivity contribution < 1.29 is 23.1 Å². The number of carbonyl (C=O) groups is 1. The highest BCUT2D eigenvalue weighted by Crippen LogP contribution is 2.17. The smallest absolute Gasteiger partial charge is 0.335 e. The van der Waals surface area contributed by atoms with Crippen LogP contribution in [-0.4, -0.2) is 26.0 Å². The van der Waals surface area contributed by atoms with Crippen LogP contribution in [0, 0.1) is 6.92 Å². The van der Waals surface area contributed by atoms with Gasteiger partial charge in [0.2, 0.25) is 10.0 Å². The van der Waals surface area contributed by atoms with Crippen LogP contribution in [0.2, 0.25) is 0 Å². The van der Waals surface area contributed by atoms with Crippen molar-refractivity contribution in [2.45, 2.75) is 24.8 Å². The Bertz CT molecular complexity index is 1110. The van der Waals surface area contributed by atoms with Crippen LogP contribution >= 0.6 is 0 Å². The quantitative estimate of drug-likeness (QED) is 0.544. The molecule has 30 heavy (non-hydrogen) atoms. The highest BCUT2D eigenvalue weighted by atomic mass is 32.2. The van der Waals surface area contributed by atoms with E-state index >= 15 is 0 Å². The van der Waals surface area contributed by atoms with E-state index in [1.807, 2.05) is 54.6 Å². The maximum Gasteiger partial charge on any atom is 0.335 e. The molecule has 0 spiro atoms. The van der Waals surface area contributed by atoms with E-state index in [0.29, 0.717) is 18.6 Å². The Labute approximate surface area is 176 Å². The maximum absolute atomic E-state index is 12.5. The summed E-state index contributed by atoms with van der Waals surface area (Å²) >= 11 is 0. The number of aryl methyl sites for hydroxylation is 1. The van der Waals surface area contributed by atoms with Gasteiger partial charge in [0.1, 0.15) is 12.4 Å². The third kappa shape index (κ3) is 5.68. The highest BCUT2D eigenvalue weighted by molar-refractivity contribution is 7.89. The van der Waals surface area contributed by atoms with Gasteiger partial charge in [0.25, 0.3) is 0 Å². The third-order valence-electron chi connectivity index (χ3n) is 4.63. The number of hydrogen-bond acceptors (Lipinski definition) is 4. The Hall–Kier alpha value is -3.16. The minimum atomic E-state index is -3.79. The molecule has 3 aromatic carbocycles. The molecule has 0 saturated carbocycles. The van der Waals surface area contributed by atoms with E-state index in [1.165, 1.54) is 18.2 Å². The molecule has 0 aliphatic carbocycles. The number of aromatic carboxylic acids is 1. The number of benzene rings is 3. The van der Waals surface area contributed by atoms with Crippen molar-refractivity contribution in [2.75, 3.05) is 6.54 Å². The zero-order valence-corrected chi connectivity index (χ0v) is 17.4. The standard InChI is InChI=1S/C23H23NO5S/c1-17-7-12-21(15-22(17)23(25)26)30(27,28)24-14-13-18-8-10-20(11-9-18)29-16-19-5-3-2-4-6-19/h2-12,15,24H,13-14,16H2,1H3,(H,25,26). The fourth-order valence-corrected chi connectivity index (χ4v) is 3.96. The molecule has 0 radical (unpaired) electrons. The topological polar surface area (TPSA) is 92.7 Å². The first-order valence-corrected chi connectivity index (χ1v) is 10.9. The molecule has 0 fully saturated rings. The molecule has 7 heteroatoms. The van der Waals surface area contributed by atoms with Crippen LogP contribution in [0.25, 0.3) is 0 Å². The summed E-state index contributed by atoms with van der Waals surface area (Å²) in [5, 5.41) is 9.18. The van der Waals surface area contributed by atoms with E-state index in [-0.39, 0.29) is 17.0 Å². The zero-order valence-electron chi connectivity index (χ0n) is 16.5. The minimum absolute atomic E-state index is 0.0241. The molecule has 0 aliphatic heterocycles. The van der Waals surface area contributed by atoms with Crippen LogP contribution in [0.5, 0.6) is 5.75 Å². The fraction of sp³-hybridized carbons (Fsp3) is 0.174. The largest absolute Gasteiger partial charge is 0.489 e. The lowest BCUT2D eigenvalue weighted by molar-refractivity contribution is 0.0696. The number of ether oxygens (including phenoxy) is 1. The number of nitrogens with one attached hydrogen (secondary N) is 1. The van der Waals surface area contributed by atoms with Gasteiger partial charge in [0, 0.05) is 6.54 Å². The molecule has 3 aromatic rings. The van der Waals surface area contributed by atoms with Crippen molar-refractivity contribution in [3.63, 3.8) is 0 Å². The number of sulfonamides is 1. The summed E-state index contributed by atoms with van der Waals surface area (Å²) in [5.74, 6) is -0.414. The summed E-state index contributed by atoms with van der Waals surface area (Å²) < 4.78 is 33.2. The van der Waals surface area contributed by atoms with Gasteiger partial charge in [-0.15, -0.1) is 0 Å². The second-order valence-electron chi connectivity index (χ2n) is 6.85. The maximum atomic E-state index is 12.5. The third-order valence-corrected chi connectivity index (χ3v) is 6.09. The van der Waals surface area contributed by atoms with Gasteiger partial charge in [-0.2, -0.15) is 0 Å². The van der Waals surface area contributed by atoms with Crippen molar-refractivity contribution in [3.05, 3.63) is 95.1 Å². The summed E-state index contributed by atoms with van der Waals surface area (Å²) in [4.78, 5) is 11.2. The predicted molar refractivity (Wildman–Crippen MR) is 114 cm³/mol. The molecule has 156 valence electrons. The first-order valence-electron chi connectivity index (χ1n) is 9.44. The monoisotopic (exact) mass is 425 g/mol. The Balaban J connectivity index is 1.54. The Kier molecular flexibility index (Phi) is 6.87. The molecule has 0 aliphatic rings. The van der Waals surface area contributed by atoms with Crippen molar-refractivity contribution in [3.8, 4) is 5.75 Å². The number of carboxylic acids is 1. The summed E-state index contributed by atoms with van der Waals surface area (Å²) in [5.41, 5.74) is 2.53. The summed E-state index contributed by atoms with van der Waals surface area (Å²) in [6, 6.07) is 21.4. The van der Waals surface area contributed by atoms with E-state index in [2.05, 4.69) is 4.72 Å². The molecule has 0 bridgehead atoms. The summed E-state index contributed by atoms with van der Waals surface area (Å²) in [6.45, 7) is 2.30. The van der Waals surface area contributed by atoms with E-state index in [1.54, 1.807) is 6.92 Å². The second kappa shape index (κ2) is 9.56. The van der Waals surface area contributed by atoms with E-state index in [0.717, 1.165) is 16.9 Å². The lowest BCUT2D eigenvalue weighted by Gasteiger charge is -2.10. The molecule has 3 rings (SSSR count). The van der Waals surface area contributed by atoms with Gasteiger partial charge < -0.3 is 9.84 Å². The molecular formula is C23H23NO5S. The van der Waals surface area contributed by atoms with Gasteiger partial charge in [-0.3, -0.25) is 0 Å². The average molecular weight is 426 g/mol. The number of carboxylic acid groups (broad SMARTS) is 1. The first-order chi connectivity index (χ1) is 14.3.